The van der Waals surface area contributed by atoms with Crippen molar-refractivity contribution in [1.82, 2.24) is 9.88 Å². The fourth-order valence-corrected chi connectivity index (χ4v) is 6.31. The predicted molar refractivity (Wildman–Crippen MR) is 132 cm³/mol. The van der Waals surface area contributed by atoms with Crippen molar-refractivity contribution in [2.75, 3.05) is 31.1 Å². The van der Waals surface area contributed by atoms with Crippen LogP contribution in [0.15, 0.2) is 72.8 Å². The number of hydrogen-bond donors (Lipinski definition) is 0. The van der Waals surface area contributed by atoms with Gasteiger partial charge in [-0.1, -0.05) is 71.5 Å². The number of carbonyl (C=O) groups is 1. The van der Waals surface area contributed by atoms with Gasteiger partial charge in [-0.25, -0.2) is 4.98 Å². The quantitative estimate of drug-likeness (QED) is 0.387. The number of anilines is 1. The van der Waals surface area contributed by atoms with E-state index in [9.17, 15) is 4.79 Å². The van der Waals surface area contributed by atoms with Gasteiger partial charge in [-0.2, -0.15) is 0 Å². The van der Waals surface area contributed by atoms with Crippen LogP contribution in [0.5, 0.6) is 0 Å². The highest BCUT2D eigenvalue weighted by molar-refractivity contribution is 7.22. The van der Waals surface area contributed by atoms with Crippen LogP contribution in [-0.2, 0) is 0 Å². The number of carbonyl (C=O) groups excluding carboxylic acids is 1. The molecule has 0 saturated carbocycles. The zero-order valence-electron chi connectivity index (χ0n) is 17.4. The molecule has 2 fully saturated rings. The molecule has 4 aromatic rings. The number of amides is 1. The number of aromatic nitrogens is 1. The van der Waals surface area contributed by atoms with Crippen LogP contribution < -0.4 is 4.90 Å². The average molecular weight is 460 g/mol. The molecule has 6 rings (SSSR count). The third kappa shape index (κ3) is 3.46. The van der Waals surface area contributed by atoms with Crippen LogP contribution in [0.3, 0.4) is 0 Å². The Labute approximate surface area is 196 Å². The maximum absolute atomic E-state index is 13.5. The molecule has 3 heterocycles. The van der Waals surface area contributed by atoms with Crippen molar-refractivity contribution < 1.29 is 4.79 Å². The zero-order chi connectivity index (χ0) is 21.7. The topological polar surface area (TPSA) is 36.4 Å². The molecule has 0 aliphatic carbocycles. The van der Waals surface area contributed by atoms with Crippen molar-refractivity contribution in [3.05, 3.63) is 83.4 Å². The minimum Gasteiger partial charge on any atom is -0.347 e. The first-order chi connectivity index (χ1) is 15.7. The van der Waals surface area contributed by atoms with Crippen molar-refractivity contribution in [1.29, 1.82) is 0 Å². The van der Waals surface area contributed by atoms with Crippen molar-refractivity contribution in [2.24, 2.45) is 11.8 Å². The monoisotopic (exact) mass is 459 g/mol. The maximum Gasteiger partial charge on any atom is 0.254 e. The van der Waals surface area contributed by atoms with E-state index in [1.165, 1.54) is 0 Å². The summed E-state index contributed by atoms with van der Waals surface area (Å²) in [5.74, 6) is 1.11. The summed E-state index contributed by atoms with van der Waals surface area (Å²) < 4.78 is 1.12. The first-order valence-corrected chi connectivity index (χ1v) is 12.1. The van der Waals surface area contributed by atoms with Gasteiger partial charge in [0.1, 0.15) is 0 Å². The van der Waals surface area contributed by atoms with Gasteiger partial charge in [0.15, 0.2) is 5.13 Å². The van der Waals surface area contributed by atoms with Gasteiger partial charge in [0, 0.05) is 48.6 Å². The van der Waals surface area contributed by atoms with Gasteiger partial charge >= 0.3 is 0 Å². The third-order valence-electron chi connectivity index (χ3n) is 6.63. The Morgan fingerprint density at radius 1 is 0.906 bits per heavy atom. The van der Waals surface area contributed by atoms with Gasteiger partial charge in [0.05, 0.1) is 10.2 Å². The van der Waals surface area contributed by atoms with Crippen molar-refractivity contribution in [3.63, 3.8) is 0 Å². The lowest BCUT2D eigenvalue weighted by molar-refractivity contribution is 0.0783. The highest BCUT2D eigenvalue weighted by Crippen LogP contribution is 2.38. The van der Waals surface area contributed by atoms with Gasteiger partial charge in [0.25, 0.3) is 5.91 Å². The minimum atomic E-state index is 0.139. The fraction of sp³-hybridized carbons (Fsp3) is 0.231. The molecule has 2 aliphatic heterocycles. The highest BCUT2D eigenvalue weighted by Gasteiger charge is 2.42. The van der Waals surface area contributed by atoms with E-state index in [0.717, 1.165) is 63.2 Å². The van der Waals surface area contributed by atoms with Gasteiger partial charge in [-0.3, -0.25) is 4.79 Å². The molecule has 1 amide bonds. The molecule has 4 nitrogen and oxygen atoms in total. The van der Waals surface area contributed by atoms with E-state index in [0.29, 0.717) is 11.8 Å². The molecule has 1 aromatic heterocycles. The van der Waals surface area contributed by atoms with Gasteiger partial charge in [-0.15, -0.1) is 0 Å². The first kappa shape index (κ1) is 19.8. The number of thiazole rings is 1. The molecular weight excluding hydrogens is 438 g/mol. The lowest BCUT2D eigenvalue weighted by atomic mass is 9.99. The van der Waals surface area contributed by atoms with E-state index in [4.69, 9.17) is 16.6 Å². The molecular formula is C26H22ClN3OS. The Kier molecular flexibility index (Phi) is 4.89. The van der Waals surface area contributed by atoms with Crippen molar-refractivity contribution >= 4 is 44.2 Å². The maximum atomic E-state index is 13.5. The summed E-state index contributed by atoms with van der Waals surface area (Å²) in [7, 11) is 0. The molecule has 160 valence electrons. The SMILES string of the molecule is O=C(c1ccccc1-c1ccccc1)N1CC2CN(c3nc4ccc(Cl)cc4s3)CC2C1. The number of likely N-dealkylation sites (tertiary alicyclic amines) is 1. The number of nitrogens with zero attached hydrogens (tertiary/aromatic N) is 3. The second-order valence-electron chi connectivity index (χ2n) is 8.66. The zero-order valence-corrected chi connectivity index (χ0v) is 19.0. The molecule has 2 atom stereocenters. The van der Waals surface area contributed by atoms with Gasteiger partial charge in [-0.05, 0) is 35.4 Å². The molecule has 0 spiro atoms. The van der Waals surface area contributed by atoms with Crippen LogP contribution >= 0.6 is 22.9 Å². The van der Waals surface area contributed by atoms with E-state index >= 15 is 0 Å². The fourth-order valence-electron chi connectivity index (χ4n) is 5.05. The molecule has 0 N–H and O–H groups in total. The minimum absolute atomic E-state index is 0.139. The lowest BCUT2D eigenvalue weighted by Crippen LogP contribution is -2.33. The van der Waals surface area contributed by atoms with Crippen LogP contribution in [0.25, 0.3) is 21.3 Å². The Bertz CT molecular complexity index is 1290. The molecule has 2 saturated heterocycles. The molecule has 3 aromatic carbocycles. The number of fused-ring (bicyclic) bond motifs is 2. The van der Waals surface area contributed by atoms with Gasteiger partial charge < -0.3 is 9.80 Å². The smallest absolute Gasteiger partial charge is 0.254 e. The molecule has 0 radical (unpaired) electrons. The predicted octanol–water partition coefficient (Wildman–Crippen LogP) is 5.83. The lowest BCUT2D eigenvalue weighted by Gasteiger charge is -2.22. The standard InChI is InChI=1S/C26H22ClN3OS/c27-20-10-11-23-24(12-20)32-26(28-23)30-15-18-13-29(14-19(18)16-30)25(31)22-9-5-4-8-21(22)17-6-2-1-3-7-17/h1-12,18-19H,13-16H2. The molecule has 2 aliphatic rings. The number of benzene rings is 3. The van der Waals surface area contributed by atoms with E-state index in [-0.39, 0.29) is 5.91 Å². The Hall–Kier alpha value is -2.89. The highest BCUT2D eigenvalue weighted by atomic mass is 35.5. The van der Waals surface area contributed by atoms with Crippen LogP contribution in [0, 0.1) is 11.8 Å². The summed E-state index contributed by atoms with van der Waals surface area (Å²) >= 11 is 7.84. The van der Waals surface area contributed by atoms with Crippen LogP contribution in [0.4, 0.5) is 5.13 Å². The summed E-state index contributed by atoms with van der Waals surface area (Å²) in [4.78, 5) is 22.7. The summed E-state index contributed by atoms with van der Waals surface area (Å²) in [6, 6.07) is 24.0. The Morgan fingerprint density at radius 2 is 1.62 bits per heavy atom. The number of rotatable bonds is 3. The summed E-state index contributed by atoms with van der Waals surface area (Å²) in [5.41, 5.74) is 3.88. The molecule has 0 bridgehead atoms. The number of halogens is 1. The number of hydrogen-bond acceptors (Lipinski definition) is 4. The average Bonchev–Trinajstić information content (AvgIpc) is 3.52. The van der Waals surface area contributed by atoms with E-state index in [1.807, 2.05) is 65.6 Å². The van der Waals surface area contributed by atoms with E-state index in [2.05, 4.69) is 17.0 Å². The largest absolute Gasteiger partial charge is 0.347 e. The van der Waals surface area contributed by atoms with Crippen molar-refractivity contribution in [3.8, 4) is 11.1 Å². The molecule has 2 unspecified atom stereocenters. The normalized spacial score (nSPS) is 20.2. The third-order valence-corrected chi connectivity index (χ3v) is 7.94. The first-order valence-electron chi connectivity index (χ1n) is 10.9. The molecule has 32 heavy (non-hydrogen) atoms. The summed E-state index contributed by atoms with van der Waals surface area (Å²) in [6.07, 6.45) is 0. The van der Waals surface area contributed by atoms with Crippen molar-refractivity contribution in [2.45, 2.75) is 0 Å². The van der Waals surface area contributed by atoms with Crippen LogP contribution in [-0.4, -0.2) is 42.0 Å². The summed E-state index contributed by atoms with van der Waals surface area (Å²) in [5, 5.41) is 1.81. The Morgan fingerprint density at radius 3 is 2.41 bits per heavy atom. The van der Waals surface area contributed by atoms with Crippen LogP contribution in [0.1, 0.15) is 10.4 Å². The second kappa shape index (κ2) is 7.91. The van der Waals surface area contributed by atoms with Crippen LogP contribution in [0.2, 0.25) is 5.02 Å². The van der Waals surface area contributed by atoms with Gasteiger partial charge in [0.2, 0.25) is 0 Å². The Balaban J connectivity index is 1.19. The molecule has 6 heteroatoms. The van der Waals surface area contributed by atoms with E-state index in [1.54, 1.807) is 11.3 Å². The van der Waals surface area contributed by atoms with E-state index < -0.39 is 0 Å². The second-order valence-corrected chi connectivity index (χ2v) is 10.1. The summed E-state index contributed by atoms with van der Waals surface area (Å²) in [6.45, 7) is 3.50.